The minimum absolute atomic E-state index is 0.240. The minimum atomic E-state index is 0.240. The molecule has 0 aliphatic heterocycles. The van der Waals surface area contributed by atoms with Crippen LogP contribution in [0.4, 0.5) is 0 Å². The molecule has 1 aromatic heterocycles. The van der Waals surface area contributed by atoms with E-state index in [9.17, 15) is 5.11 Å². The molecule has 0 bridgehead atoms. The Bertz CT molecular complexity index is 507. The highest BCUT2D eigenvalue weighted by Crippen LogP contribution is 2.24. The van der Waals surface area contributed by atoms with E-state index in [0.717, 1.165) is 17.3 Å². The highest BCUT2D eigenvalue weighted by molar-refractivity contribution is 9.10. The maximum absolute atomic E-state index is 9.54. The van der Waals surface area contributed by atoms with E-state index in [1.165, 1.54) is 16.0 Å². The summed E-state index contributed by atoms with van der Waals surface area (Å²) in [4.78, 5) is 1.33. The molecule has 0 aliphatic rings. The lowest BCUT2D eigenvalue weighted by atomic mass is 9.94. The largest absolute Gasteiger partial charge is 0.396 e. The SMILES string of the molecule is Cc1ccccc1CC(CO)Cc1cc(Br)cs1. The number of halogens is 1. The van der Waals surface area contributed by atoms with E-state index in [2.05, 4.69) is 58.6 Å². The molecule has 0 amide bonds. The molecule has 2 rings (SSSR count). The highest BCUT2D eigenvalue weighted by Gasteiger charge is 2.12. The van der Waals surface area contributed by atoms with Crippen LogP contribution in [0.2, 0.25) is 0 Å². The normalized spacial score (nSPS) is 12.6. The van der Waals surface area contributed by atoms with Crippen molar-refractivity contribution in [2.24, 2.45) is 5.92 Å². The second-order valence-electron chi connectivity index (χ2n) is 4.61. The van der Waals surface area contributed by atoms with Crippen molar-refractivity contribution in [3.05, 3.63) is 56.2 Å². The molecule has 18 heavy (non-hydrogen) atoms. The summed E-state index contributed by atoms with van der Waals surface area (Å²) in [5.74, 6) is 0.302. The van der Waals surface area contributed by atoms with Gasteiger partial charge in [0.1, 0.15) is 0 Å². The zero-order chi connectivity index (χ0) is 13.0. The first kappa shape index (κ1) is 13.8. The van der Waals surface area contributed by atoms with Crippen LogP contribution in [0, 0.1) is 12.8 Å². The number of aliphatic hydroxyl groups excluding tert-OH is 1. The van der Waals surface area contributed by atoms with Gasteiger partial charge in [-0.3, -0.25) is 0 Å². The smallest absolute Gasteiger partial charge is 0.0465 e. The molecule has 96 valence electrons. The molecule has 2 aromatic rings. The molecule has 0 aliphatic carbocycles. The summed E-state index contributed by atoms with van der Waals surface area (Å²) in [5, 5.41) is 11.6. The van der Waals surface area contributed by atoms with Crippen LogP contribution >= 0.6 is 27.3 Å². The molecule has 0 saturated carbocycles. The van der Waals surface area contributed by atoms with Crippen molar-refractivity contribution in [2.75, 3.05) is 6.61 Å². The lowest BCUT2D eigenvalue weighted by molar-refractivity contribution is 0.225. The Hall–Kier alpha value is -0.640. The monoisotopic (exact) mass is 324 g/mol. The lowest BCUT2D eigenvalue weighted by Crippen LogP contribution is -2.13. The molecule has 0 fully saturated rings. The van der Waals surface area contributed by atoms with E-state index >= 15 is 0 Å². The number of benzene rings is 1. The van der Waals surface area contributed by atoms with Gasteiger partial charge in [0.05, 0.1) is 0 Å². The van der Waals surface area contributed by atoms with Crippen molar-refractivity contribution in [3.8, 4) is 0 Å². The summed E-state index contributed by atoms with van der Waals surface area (Å²) in [6.45, 7) is 2.37. The number of aliphatic hydroxyl groups is 1. The highest BCUT2D eigenvalue weighted by atomic mass is 79.9. The van der Waals surface area contributed by atoms with Gasteiger partial charge in [0.15, 0.2) is 0 Å². The molecule has 0 radical (unpaired) electrons. The average Bonchev–Trinajstić information content (AvgIpc) is 2.76. The molecule has 0 saturated heterocycles. The average molecular weight is 325 g/mol. The van der Waals surface area contributed by atoms with Crippen molar-refractivity contribution >= 4 is 27.3 Å². The third kappa shape index (κ3) is 3.67. The van der Waals surface area contributed by atoms with Crippen LogP contribution in [0.5, 0.6) is 0 Å². The summed E-state index contributed by atoms with van der Waals surface area (Å²) < 4.78 is 1.13. The zero-order valence-corrected chi connectivity index (χ0v) is 12.8. The van der Waals surface area contributed by atoms with Crippen LogP contribution < -0.4 is 0 Å². The molecule has 1 heterocycles. The molecule has 1 atom stereocenters. The number of thiophene rings is 1. The molecular weight excluding hydrogens is 308 g/mol. The van der Waals surface area contributed by atoms with E-state index in [1.807, 2.05) is 0 Å². The number of aryl methyl sites for hydroxylation is 1. The molecule has 1 unspecified atom stereocenters. The van der Waals surface area contributed by atoms with Gasteiger partial charge in [-0.1, -0.05) is 24.3 Å². The van der Waals surface area contributed by atoms with Crippen LogP contribution in [0.1, 0.15) is 16.0 Å². The quantitative estimate of drug-likeness (QED) is 0.873. The molecule has 0 spiro atoms. The number of rotatable bonds is 5. The summed E-state index contributed by atoms with van der Waals surface area (Å²) in [7, 11) is 0. The van der Waals surface area contributed by atoms with Crippen LogP contribution in [0.3, 0.4) is 0 Å². The Balaban J connectivity index is 2.04. The zero-order valence-electron chi connectivity index (χ0n) is 10.4. The second kappa shape index (κ2) is 6.50. The predicted molar refractivity (Wildman–Crippen MR) is 81.2 cm³/mol. The first-order valence-electron chi connectivity index (χ1n) is 6.07. The molecule has 1 N–H and O–H groups in total. The predicted octanol–water partition coefficient (Wildman–Crippen LogP) is 4.21. The summed E-state index contributed by atoms with van der Waals surface area (Å²) in [6.07, 6.45) is 1.89. The number of hydrogen-bond acceptors (Lipinski definition) is 2. The maximum atomic E-state index is 9.54. The minimum Gasteiger partial charge on any atom is -0.396 e. The van der Waals surface area contributed by atoms with Gasteiger partial charge in [0.2, 0.25) is 0 Å². The van der Waals surface area contributed by atoms with Crippen molar-refractivity contribution < 1.29 is 5.11 Å². The van der Waals surface area contributed by atoms with Gasteiger partial charge < -0.3 is 5.11 Å². The van der Waals surface area contributed by atoms with Gasteiger partial charge in [-0.15, -0.1) is 11.3 Å². The Morgan fingerprint density at radius 1 is 1.28 bits per heavy atom. The van der Waals surface area contributed by atoms with Gasteiger partial charge >= 0.3 is 0 Å². The Morgan fingerprint density at radius 3 is 2.67 bits per heavy atom. The van der Waals surface area contributed by atoms with Gasteiger partial charge in [0, 0.05) is 21.3 Å². The van der Waals surface area contributed by atoms with E-state index in [0.29, 0.717) is 5.92 Å². The number of hydrogen-bond donors (Lipinski definition) is 1. The van der Waals surface area contributed by atoms with Crippen molar-refractivity contribution in [3.63, 3.8) is 0 Å². The first-order valence-corrected chi connectivity index (χ1v) is 7.74. The third-order valence-electron chi connectivity index (χ3n) is 3.14. The lowest BCUT2D eigenvalue weighted by Gasteiger charge is -2.14. The summed E-state index contributed by atoms with van der Waals surface area (Å²) in [6, 6.07) is 10.6. The van der Waals surface area contributed by atoms with E-state index in [1.54, 1.807) is 11.3 Å². The van der Waals surface area contributed by atoms with Crippen LogP contribution in [0.15, 0.2) is 40.2 Å². The molecule has 3 heteroatoms. The van der Waals surface area contributed by atoms with Crippen molar-refractivity contribution in [1.29, 1.82) is 0 Å². The van der Waals surface area contributed by atoms with Crippen LogP contribution in [-0.2, 0) is 12.8 Å². The fourth-order valence-electron chi connectivity index (χ4n) is 2.10. The Labute approximate surface area is 121 Å². The van der Waals surface area contributed by atoms with Gasteiger partial charge in [-0.25, -0.2) is 0 Å². The molecular formula is C15H17BrOS. The van der Waals surface area contributed by atoms with Crippen molar-refractivity contribution in [1.82, 2.24) is 0 Å². The second-order valence-corrected chi connectivity index (χ2v) is 6.53. The maximum Gasteiger partial charge on any atom is 0.0465 e. The Kier molecular flexibility index (Phi) is 4.98. The topological polar surface area (TPSA) is 20.2 Å². The van der Waals surface area contributed by atoms with E-state index in [-0.39, 0.29) is 6.61 Å². The van der Waals surface area contributed by atoms with Gasteiger partial charge in [-0.05, 0) is 58.8 Å². The summed E-state index contributed by atoms with van der Waals surface area (Å²) >= 11 is 5.22. The van der Waals surface area contributed by atoms with E-state index in [4.69, 9.17) is 0 Å². The molecule has 1 nitrogen and oxygen atoms in total. The van der Waals surface area contributed by atoms with Crippen molar-refractivity contribution in [2.45, 2.75) is 19.8 Å². The standard InChI is InChI=1S/C15H17BrOS/c1-11-4-2-3-5-13(11)6-12(9-17)7-15-8-14(16)10-18-15/h2-5,8,10,12,17H,6-7,9H2,1H3. The summed E-state index contributed by atoms with van der Waals surface area (Å²) in [5.41, 5.74) is 2.65. The van der Waals surface area contributed by atoms with Gasteiger partial charge in [0.25, 0.3) is 0 Å². The molecule has 1 aromatic carbocycles. The fraction of sp³-hybridized carbons (Fsp3) is 0.333. The fourth-order valence-corrected chi connectivity index (χ4v) is 3.66. The Morgan fingerprint density at radius 2 is 2.06 bits per heavy atom. The first-order chi connectivity index (χ1) is 8.69. The van der Waals surface area contributed by atoms with E-state index < -0.39 is 0 Å². The van der Waals surface area contributed by atoms with Crippen LogP contribution in [0.25, 0.3) is 0 Å². The third-order valence-corrected chi connectivity index (χ3v) is 4.86. The van der Waals surface area contributed by atoms with Gasteiger partial charge in [-0.2, -0.15) is 0 Å². The van der Waals surface area contributed by atoms with Crippen LogP contribution in [-0.4, -0.2) is 11.7 Å².